The molecule has 20 heavy (non-hydrogen) atoms. The van der Waals surface area contributed by atoms with Crippen LogP contribution in [0.2, 0.25) is 0 Å². The van der Waals surface area contributed by atoms with Gasteiger partial charge in [0, 0.05) is 11.8 Å². The predicted molar refractivity (Wildman–Crippen MR) is 74.3 cm³/mol. The van der Waals surface area contributed by atoms with Gasteiger partial charge in [-0.25, -0.2) is 12.8 Å². The Morgan fingerprint density at radius 3 is 2.35 bits per heavy atom. The van der Waals surface area contributed by atoms with Crippen LogP contribution in [-0.4, -0.2) is 14.7 Å². The van der Waals surface area contributed by atoms with Crippen molar-refractivity contribution in [3.63, 3.8) is 0 Å². The quantitative estimate of drug-likeness (QED) is 0.872. The van der Waals surface area contributed by atoms with E-state index in [9.17, 15) is 12.8 Å². The lowest BCUT2D eigenvalue weighted by Gasteiger charge is -2.06. The van der Waals surface area contributed by atoms with Gasteiger partial charge in [-0.3, -0.25) is 0 Å². The van der Waals surface area contributed by atoms with Gasteiger partial charge in [-0.05, 0) is 35.4 Å². The third-order valence-electron chi connectivity index (χ3n) is 2.91. The maximum Gasteiger partial charge on any atom is 0.175 e. The number of hydrogen-bond donors (Lipinski definition) is 0. The highest BCUT2D eigenvalue weighted by atomic mass is 32.2. The average Bonchev–Trinajstić information content (AvgIpc) is 2.40. The van der Waals surface area contributed by atoms with Crippen molar-refractivity contribution in [1.82, 2.24) is 0 Å². The van der Waals surface area contributed by atoms with Crippen LogP contribution in [0.25, 0.3) is 11.1 Å². The summed E-state index contributed by atoms with van der Waals surface area (Å²) in [6, 6.07) is 12.5. The Balaban J connectivity index is 2.46. The van der Waals surface area contributed by atoms with Gasteiger partial charge in [0.2, 0.25) is 0 Å². The second kappa shape index (κ2) is 5.43. The Kier molecular flexibility index (Phi) is 3.86. The summed E-state index contributed by atoms with van der Waals surface area (Å²) in [4.78, 5) is 0.190. The van der Waals surface area contributed by atoms with Crippen molar-refractivity contribution < 1.29 is 12.8 Å². The monoisotopic (exact) mass is 289 g/mol. The summed E-state index contributed by atoms with van der Waals surface area (Å²) in [5, 5.41) is 8.67. The Bertz CT molecular complexity index is 775. The molecule has 2 aromatic carbocycles. The third-order valence-corrected chi connectivity index (χ3v) is 4.04. The normalized spacial score (nSPS) is 11.1. The molecule has 0 saturated carbocycles. The molecule has 0 spiro atoms. The minimum atomic E-state index is -3.27. The molecule has 0 saturated heterocycles. The summed E-state index contributed by atoms with van der Waals surface area (Å²) in [7, 11) is -3.27. The molecular formula is C15H12FNO2S. The van der Waals surface area contributed by atoms with Crippen molar-refractivity contribution in [2.75, 3.05) is 6.26 Å². The van der Waals surface area contributed by atoms with Gasteiger partial charge < -0.3 is 0 Å². The van der Waals surface area contributed by atoms with Gasteiger partial charge in [-0.1, -0.05) is 18.2 Å². The number of hydrogen-bond acceptors (Lipinski definition) is 3. The van der Waals surface area contributed by atoms with E-state index in [1.54, 1.807) is 24.3 Å². The topological polar surface area (TPSA) is 57.9 Å². The summed E-state index contributed by atoms with van der Waals surface area (Å²) in [5.41, 5.74) is 1.66. The molecule has 0 aliphatic heterocycles. The number of benzene rings is 2. The van der Waals surface area contributed by atoms with E-state index in [-0.39, 0.29) is 11.3 Å². The summed E-state index contributed by atoms with van der Waals surface area (Å²) in [6.07, 6.45) is 1.32. The molecule has 0 heterocycles. The largest absolute Gasteiger partial charge is 0.224 e. The first-order valence-corrected chi connectivity index (χ1v) is 7.77. The molecule has 5 heteroatoms. The van der Waals surface area contributed by atoms with Crippen LogP contribution < -0.4 is 0 Å². The first kappa shape index (κ1) is 14.2. The maximum absolute atomic E-state index is 13.8. The summed E-state index contributed by atoms with van der Waals surface area (Å²) in [6.45, 7) is 0. The van der Waals surface area contributed by atoms with Crippen molar-refractivity contribution >= 4 is 9.84 Å². The highest BCUT2D eigenvalue weighted by molar-refractivity contribution is 7.90. The maximum atomic E-state index is 13.8. The molecule has 2 rings (SSSR count). The molecule has 2 aromatic rings. The van der Waals surface area contributed by atoms with E-state index in [4.69, 9.17) is 5.26 Å². The van der Waals surface area contributed by atoms with Gasteiger partial charge in [-0.2, -0.15) is 5.26 Å². The number of sulfone groups is 1. The number of halogens is 1. The zero-order valence-corrected chi connectivity index (χ0v) is 11.6. The molecule has 0 N–H and O–H groups in total. The van der Waals surface area contributed by atoms with E-state index in [1.165, 1.54) is 18.2 Å². The Morgan fingerprint density at radius 1 is 1.15 bits per heavy atom. The van der Waals surface area contributed by atoms with Crippen LogP contribution in [0.15, 0.2) is 47.4 Å². The summed E-state index contributed by atoms with van der Waals surface area (Å²) in [5.74, 6) is -0.404. The Hall–Kier alpha value is -2.19. The van der Waals surface area contributed by atoms with Crippen molar-refractivity contribution in [2.45, 2.75) is 11.3 Å². The molecule has 0 radical (unpaired) electrons. The molecule has 0 fully saturated rings. The smallest absolute Gasteiger partial charge is 0.175 e. The molecule has 0 amide bonds. The number of nitrogens with zero attached hydrogens (tertiary/aromatic N) is 1. The van der Waals surface area contributed by atoms with Gasteiger partial charge in [-0.15, -0.1) is 0 Å². The number of nitriles is 1. The Labute approximate surface area is 117 Å². The lowest BCUT2D eigenvalue weighted by molar-refractivity contribution is 0.602. The third kappa shape index (κ3) is 3.03. The molecule has 0 aliphatic carbocycles. The van der Waals surface area contributed by atoms with Gasteiger partial charge in [0.05, 0.1) is 17.4 Å². The molecule has 0 aliphatic rings. The van der Waals surface area contributed by atoms with Crippen LogP contribution in [0.4, 0.5) is 4.39 Å². The summed E-state index contributed by atoms with van der Waals surface area (Å²) < 4.78 is 36.6. The van der Waals surface area contributed by atoms with Crippen molar-refractivity contribution in [3.05, 3.63) is 53.8 Å². The fourth-order valence-electron chi connectivity index (χ4n) is 1.88. The predicted octanol–water partition coefficient (Wildman–Crippen LogP) is 2.96. The van der Waals surface area contributed by atoms with Gasteiger partial charge >= 0.3 is 0 Å². The fourth-order valence-corrected chi connectivity index (χ4v) is 2.51. The lowest BCUT2D eigenvalue weighted by atomic mass is 10.0. The summed E-state index contributed by atoms with van der Waals surface area (Å²) >= 11 is 0. The lowest BCUT2D eigenvalue weighted by Crippen LogP contribution is -1.96. The van der Waals surface area contributed by atoms with Crippen molar-refractivity contribution in [1.29, 1.82) is 5.26 Å². The Morgan fingerprint density at radius 2 is 1.80 bits per heavy atom. The fraction of sp³-hybridized carbons (Fsp3) is 0.133. The van der Waals surface area contributed by atoms with Crippen LogP contribution in [0, 0.1) is 17.1 Å². The zero-order chi connectivity index (χ0) is 14.8. The van der Waals surface area contributed by atoms with Crippen molar-refractivity contribution in [3.8, 4) is 17.2 Å². The van der Waals surface area contributed by atoms with E-state index in [2.05, 4.69) is 0 Å². The van der Waals surface area contributed by atoms with Gasteiger partial charge in [0.1, 0.15) is 5.82 Å². The first-order chi connectivity index (χ1) is 9.41. The SMILES string of the molecule is CS(=O)(=O)c1ccc(-c2cc(CC#N)ccc2F)cc1. The molecule has 3 nitrogen and oxygen atoms in total. The molecule has 102 valence electrons. The highest BCUT2D eigenvalue weighted by Gasteiger charge is 2.10. The van der Waals surface area contributed by atoms with E-state index in [0.717, 1.165) is 11.8 Å². The molecule has 0 unspecified atom stereocenters. The highest BCUT2D eigenvalue weighted by Crippen LogP contribution is 2.25. The molecular weight excluding hydrogens is 277 g/mol. The van der Waals surface area contributed by atoms with Crippen LogP contribution in [0.5, 0.6) is 0 Å². The van der Waals surface area contributed by atoms with E-state index in [0.29, 0.717) is 11.1 Å². The minimum absolute atomic E-state index is 0.190. The van der Waals surface area contributed by atoms with Crippen LogP contribution in [0.1, 0.15) is 5.56 Å². The minimum Gasteiger partial charge on any atom is -0.224 e. The zero-order valence-electron chi connectivity index (χ0n) is 10.8. The van der Waals surface area contributed by atoms with E-state index < -0.39 is 15.7 Å². The number of rotatable bonds is 3. The van der Waals surface area contributed by atoms with Crippen LogP contribution in [0.3, 0.4) is 0 Å². The molecule has 0 aromatic heterocycles. The van der Waals surface area contributed by atoms with Crippen molar-refractivity contribution in [2.24, 2.45) is 0 Å². The van der Waals surface area contributed by atoms with E-state index >= 15 is 0 Å². The van der Waals surface area contributed by atoms with Crippen LogP contribution >= 0.6 is 0 Å². The second-order valence-electron chi connectivity index (χ2n) is 4.45. The average molecular weight is 289 g/mol. The van der Waals surface area contributed by atoms with Crippen LogP contribution in [-0.2, 0) is 16.3 Å². The van der Waals surface area contributed by atoms with Gasteiger partial charge in [0.15, 0.2) is 9.84 Å². The van der Waals surface area contributed by atoms with E-state index in [1.807, 2.05) is 6.07 Å². The second-order valence-corrected chi connectivity index (χ2v) is 6.46. The van der Waals surface area contributed by atoms with Gasteiger partial charge in [0.25, 0.3) is 0 Å². The first-order valence-electron chi connectivity index (χ1n) is 5.87. The molecule has 0 atom stereocenters. The molecule has 0 bridgehead atoms. The standard InChI is InChI=1S/C15H12FNO2S/c1-20(18,19)13-5-3-12(4-6-13)14-10-11(8-9-17)2-7-15(14)16/h2-7,10H,8H2,1H3.